The van der Waals surface area contributed by atoms with E-state index in [9.17, 15) is 24.4 Å². The van der Waals surface area contributed by atoms with Gasteiger partial charge in [0.15, 0.2) is 5.65 Å². The Morgan fingerprint density at radius 3 is 2.46 bits per heavy atom. The molecule has 300 valence electrons. The third-order valence-electron chi connectivity index (χ3n) is 11.5. The van der Waals surface area contributed by atoms with Crippen LogP contribution in [0.3, 0.4) is 0 Å². The highest BCUT2D eigenvalue weighted by Crippen LogP contribution is 2.55. The number of piperidine rings is 1. The summed E-state index contributed by atoms with van der Waals surface area (Å²) in [6.45, 7) is 13.4. The summed E-state index contributed by atoms with van der Waals surface area (Å²) in [7, 11) is 0. The molecule has 4 aromatic rings. The monoisotopic (exact) mass is 797 g/mol. The van der Waals surface area contributed by atoms with Crippen molar-refractivity contribution in [1.82, 2.24) is 34.7 Å². The number of carbonyl (C=O) groups is 3. The Morgan fingerprint density at radius 2 is 1.77 bits per heavy atom. The first-order chi connectivity index (χ1) is 27.3. The van der Waals surface area contributed by atoms with Crippen LogP contribution in [0.4, 0.5) is 5.82 Å². The van der Waals surface area contributed by atoms with Crippen LogP contribution in [-0.2, 0) is 9.59 Å². The molecule has 3 amide bonds. The summed E-state index contributed by atoms with van der Waals surface area (Å²) in [5, 5.41) is 19.4. The third kappa shape index (κ3) is 8.20. The van der Waals surface area contributed by atoms with Gasteiger partial charge in [0.1, 0.15) is 35.5 Å². The number of aromatic nitrogens is 4. The van der Waals surface area contributed by atoms with Crippen molar-refractivity contribution in [2.24, 2.45) is 10.8 Å². The number of amides is 3. The molecule has 1 atom stereocenters. The Balaban J connectivity index is 0.812. The SMILES string of the molecule is CC1(C)C(NC(=O)c2ccc(N3CCN(CCCCCOc4ccn5c(=O)n([C@@H]6CCC(=O)NC6=O)nc5c4)CC3)nc2)C(C)(C)C1Oc1ccc(C#N)c(Cl)c1. The second-order valence-electron chi connectivity index (χ2n) is 16.2. The van der Waals surface area contributed by atoms with Crippen molar-refractivity contribution < 1.29 is 23.9 Å². The van der Waals surface area contributed by atoms with E-state index in [-0.39, 0.29) is 47.6 Å². The summed E-state index contributed by atoms with van der Waals surface area (Å²) < 4.78 is 14.8. The second kappa shape index (κ2) is 16.2. The lowest BCUT2D eigenvalue weighted by atomic mass is 9.49. The Morgan fingerprint density at radius 1 is 1.00 bits per heavy atom. The fourth-order valence-corrected chi connectivity index (χ4v) is 8.92. The van der Waals surface area contributed by atoms with Crippen molar-refractivity contribution >= 4 is 40.8 Å². The van der Waals surface area contributed by atoms with Gasteiger partial charge in [0.25, 0.3) is 11.8 Å². The summed E-state index contributed by atoms with van der Waals surface area (Å²) in [5.74, 6) is 1.00. The van der Waals surface area contributed by atoms with E-state index in [0.717, 1.165) is 62.5 Å². The largest absolute Gasteiger partial charge is 0.493 e. The molecule has 0 spiro atoms. The van der Waals surface area contributed by atoms with Crippen molar-refractivity contribution in [2.45, 2.75) is 78.0 Å². The number of piperazine rings is 1. The van der Waals surface area contributed by atoms with Gasteiger partial charge in [-0.25, -0.2) is 9.78 Å². The summed E-state index contributed by atoms with van der Waals surface area (Å²) in [5.41, 5.74) is 0.115. The quantitative estimate of drug-likeness (QED) is 0.145. The van der Waals surface area contributed by atoms with Gasteiger partial charge in [-0.15, -0.1) is 5.10 Å². The standard InChI is InChI=1S/C41H48ClN9O6/c1-40(2)37(41(3,4)38(40)57-29-10-8-26(24-43)30(42)22-29)46-35(53)27-9-12-32(44-25-27)49-19-17-48(18-20-49)15-6-5-7-21-56-28-14-16-50-33(23-28)47-51(39(50)55)31-11-13-34(52)45-36(31)54/h8-10,12,14,16,22-23,25,31,37-38H,5-7,11,13,15,17-21H2,1-4H3,(H,46,53)(H,45,52,54)/t31-,37?,38?/m1/s1. The zero-order valence-electron chi connectivity index (χ0n) is 32.7. The zero-order chi connectivity index (χ0) is 40.5. The number of ether oxygens (including phenoxy) is 2. The van der Waals surface area contributed by atoms with E-state index in [1.165, 1.54) is 4.40 Å². The van der Waals surface area contributed by atoms with E-state index < -0.39 is 17.6 Å². The summed E-state index contributed by atoms with van der Waals surface area (Å²) >= 11 is 6.24. The fourth-order valence-electron chi connectivity index (χ4n) is 8.70. The Bertz CT molecular complexity index is 2240. The van der Waals surface area contributed by atoms with Crippen molar-refractivity contribution in [3.63, 3.8) is 0 Å². The molecule has 2 N–H and O–H groups in total. The Kier molecular flexibility index (Phi) is 11.3. The van der Waals surface area contributed by atoms with Crippen LogP contribution < -0.4 is 30.7 Å². The minimum atomic E-state index is -0.814. The number of pyridine rings is 2. The molecule has 0 radical (unpaired) electrons. The smallest absolute Gasteiger partial charge is 0.351 e. The molecule has 5 heterocycles. The average molecular weight is 798 g/mol. The van der Waals surface area contributed by atoms with Crippen molar-refractivity contribution in [1.29, 1.82) is 5.26 Å². The number of nitrogens with zero attached hydrogens (tertiary/aromatic N) is 7. The lowest BCUT2D eigenvalue weighted by molar-refractivity contribution is -0.164. The third-order valence-corrected chi connectivity index (χ3v) is 11.9. The molecule has 15 nitrogen and oxygen atoms in total. The zero-order valence-corrected chi connectivity index (χ0v) is 33.4. The van der Waals surface area contributed by atoms with Gasteiger partial charge in [0.05, 0.1) is 22.8 Å². The molecule has 3 fully saturated rings. The summed E-state index contributed by atoms with van der Waals surface area (Å²) in [4.78, 5) is 59.3. The van der Waals surface area contributed by atoms with Crippen molar-refractivity contribution in [3.8, 4) is 17.6 Å². The fraction of sp³-hybridized carbons (Fsp3) is 0.488. The van der Waals surface area contributed by atoms with Crippen molar-refractivity contribution in [2.75, 3.05) is 44.2 Å². The van der Waals surface area contributed by atoms with E-state index >= 15 is 0 Å². The number of hydrogen-bond acceptors (Lipinski definition) is 11. The number of hydrogen-bond donors (Lipinski definition) is 2. The number of anilines is 1. The van der Waals surface area contributed by atoms with Gasteiger partial charge < -0.3 is 19.7 Å². The molecule has 1 saturated carbocycles. The van der Waals surface area contributed by atoms with Crippen LogP contribution in [0.5, 0.6) is 11.5 Å². The molecule has 1 aliphatic carbocycles. The number of rotatable bonds is 13. The summed E-state index contributed by atoms with van der Waals surface area (Å²) in [6, 6.07) is 13.3. The Labute approximate surface area is 335 Å². The van der Waals surface area contributed by atoms with Crippen LogP contribution in [0.1, 0.15) is 81.8 Å². The van der Waals surface area contributed by atoms with Crippen LogP contribution in [0, 0.1) is 22.2 Å². The molecule has 0 unspecified atom stereocenters. The predicted octanol–water partition coefficient (Wildman–Crippen LogP) is 4.38. The van der Waals surface area contributed by atoms with Gasteiger partial charge in [-0.05, 0) is 62.6 Å². The van der Waals surface area contributed by atoms with E-state index in [4.69, 9.17) is 21.1 Å². The molecule has 2 saturated heterocycles. The molecule has 1 aromatic carbocycles. The van der Waals surface area contributed by atoms with E-state index in [1.807, 2.05) is 12.1 Å². The highest BCUT2D eigenvalue weighted by Gasteiger charge is 2.64. The van der Waals surface area contributed by atoms with Crippen LogP contribution in [0.15, 0.2) is 59.7 Å². The highest BCUT2D eigenvalue weighted by atomic mass is 35.5. The minimum Gasteiger partial charge on any atom is -0.493 e. The average Bonchev–Trinajstić information content (AvgIpc) is 3.52. The number of nitriles is 1. The maximum absolute atomic E-state index is 13.4. The molecular formula is C41H48ClN9O6. The topological polar surface area (TPSA) is 176 Å². The molecule has 0 bridgehead atoms. The molecule has 3 aromatic heterocycles. The first-order valence-electron chi connectivity index (χ1n) is 19.4. The first-order valence-corrected chi connectivity index (χ1v) is 19.8. The van der Waals surface area contributed by atoms with Gasteiger partial charge in [0.2, 0.25) is 5.91 Å². The molecule has 2 aliphatic heterocycles. The van der Waals surface area contributed by atoms with Crippen LogP contribution in [-0.4, -0.2) is 93.3 Å². The number of halogens is 1. The van der Waals surface area contributed by atoms with Crippen LogP contribution in [0.2, 0.25) is 5.02 Å². The summed E-state index contributed by atoms with van der Waals surface area (Å²) in [6.07, 6.45) is 6.37. The maximum Gasteiger partial charge on any atom is 0.351 e. The van der Waals surface area contributed by atoms with E-state index in [1.54, 1.807) is 42.7 Å². The Hall–Kier alpha value is -5.46. The highest BCUT2D eigenvalue weighted by molar-refractivity contribution is 6.31. The van der Waals surface area contributed by atoms with Gasteiger partial charge in [-0.2, -0.15) is 9.94 Å². The van der Waals surface area contributed by atoms with Gasteiger partial charge in [0, 0.05) is 74.0 Å². The molecule has 57 heavy (non-hydrogen) atoms. The van der Waals surface area contributed by atoms with Crippen LogP contribution in [0.25, 0.3) is 5.65 Å². The number of carbonyl (C=O) groups excluding carboxylic acids is 3. The molecule has 3 aliphatic rings. The second-order valence-corrected chi connectivity index (χ2v) is 16.6. The number of imide groups is 1. The first kappa shape index (κ1) is 39.8. The number of fused-ring (bicyclic) bond motifs is 1. The number of unbranched alkanes of at least 4 members (excludes halogenated alkanes) is 2. The van der Waals surface area contributed by atoms with Crippen LogP contribution >= 0.6 is 11.6 Å². The molecule has 16 heteroatoms. The number of benzene rings is 1. The predicted molar refractivity (Wildman–Crippen MR) is 213 cm³/mol. The van der Waals surface area contributed by atoms with Gasteiger partial charge in [-0.3, -0.25) is 29.0 Å². The van der Waals surface area contributed by atoms with Gasteiger partial charge >= 0.3 is 5.69 Å². The van der Waals surface area contributed by atoms with E-state index in [0.29, 0.717) is 39.9 Å². The normalized spacial score (nSPS) is 21.7. The molecular weight excluding hydrogens is 750 g/mol. The minimum absolute atomic E-state index is 0.147. The molecule has 7 rings (SSSR count). The van der Waals surface area contributed by atoms with Crippen molar-refractivity contribution in [3.05, 3.63) is 81.5 Å². The van der Waals surface area contributed by atoms with E-state index in [2.05, 4.69) is 64.3 Å². The lowest BCUT2D eigenvalue weighted by Crippen LogP contribution is -2.74. The number of nitrogens with one attached hydrogen (secondary N) is 2. The van der Waals surface area contributed by atoms with Gasteiger partial charge in [-0.1, -0.05) is 39.3 Å². The lowest BCUT2D eigenvalue weighted by Gasteiger charge is -2.63. The maximum atomic E-state index is 13.4.